The first-order valence-corrected chi connectivity index (χ1v) is 4.69. The maximum atomic E-state index is 11.0. The predicted octanol–water partition coefficient (Wildman–Crippen LogP) is -0.402. The third-order valence-corrected chi connectivity index (χ3v) is 1.75. The fourth-order valence-corrected chi connectivity index (χ4v) is 0.898. The van der Waals surface area contributed by atoms with Crippen molar-refractivity contribution in [2.45, 2.75) is 38.6 Å². The van der Waals surface area contributed by atoms with Crippen molar-refractivity contribution in [1.82, 2.24) is 0 Å². The number of hydrogen-bond acceptors (Lipinski definition) is 5. The summed E-state index contributed by atoms with van der Waals surface area (Å²) in [6.45, 7) is 6.17. The van der Waals surface area contributed by atoms with Crippen LogP contribution in [0.4, 0.5) is 0 Å². The Hall–Kier alpha value is -0.910. The summed E-state index contributed by atoms with van der Waals surface area (Å²) in [4.78, 5) is 11.0. The molecule has 0 aliphatic carbocycles. The average Bonchev–Trinajstić information content (AvgIpc) is 2.11. The van der Waals surface area contributed by atoms with E-state index in [2.05, 4.69) is 11.3 Å². The van der Waals surface area contributed by atoms with E-state index in [9.17, 15) is 15.0 Å². The van der Waals surface area contributed by atoms with E-state index < -0.39 is 24.3 Å². The highest BCUT2D eigenvalue weighted by atomic mass is 16.5. The molecule has 0 bridgehead atoms. The van der Waals surface area contributed by atoms with Crippen molar-refractivity contribution in [3.8, 4) is 0 Å². The molecule has 0 saturated carbocycles. The van der Waals surface area contributed by atoms with Gasteiger partial charge in [0.15, 0.2) is 0 Å². The van der Waals surface area contributed by atoms with E-state index in [1.807, 2.05) is 0 Å². The van der Waals surface area contributed by atoms with Crippen LogP contribution in [0.2, 0.25) is 0 Å². The molecular weight excluding hydrogens is 200 g/mol. The van der Waals surface area contributed by atoms with Gasteiger partial charge in [-0.05, 0) is 19.4 Å². The summed E-state index contributed by atoms with van der Waals surface area (Å²) >= 11 is 0. The molecule has 0 fully saturated rings. The zero-order valence-corrected chi connectivity index (χ0v) is 9.01. The van der Waals surface area contributed by atoms with E-state index in [-0.39, 0.29) is 13.0 Å². The van der Waals surface area contributed by atoms with Gasteiger partial charge in [-0.3, -0.25) is 4.79 Å². The molecule has 0 spiro atoms. The Kier molecular flexibility index (Phi) is 6.15. The number of carbonyl (C=O) groups excluding carboxylic acids is 1. The highest BCUT2D eigenvalue weighted by Crippen LogP contribution is 2.04. The molecule has 0 heterocycles. The van der Waals surface area contributed by atoms with Crippen molar-refractivity contribution in [1.29, 1.82) is 0 Å². The zero-order valence-electron chi connectivity index (χ0n) is 9.01. The van der Waals surface area contributed by atoms with Crippen molar-refractivity contribution in [3.05, 3.63) is 12.2 Å². The Morgan fingerprint density at radius 2 is 1.93 bits per heavy atom. The topological polar surface area (TPSA) is 87.0 Å². The van der Waals surface area contributed by atoms with E-state index in [0.29, 0.717) is 5.57 Å². The quantitative estimate of drug-likeness (QED) is 0.417. The van der Waals surface area contributed by atoms with Gasteiger partial charge in [-0.2, -0.15) is 0 Å². The fourth-order valence-electron chi connectivity index (χ4n) is 0.898. The SMILES string of the molecule is C=C(C)C(O)C(O)COC(=O)CC(C)O. The predicted molar refractivity (Wildman–Crippen MR) is 54.1 cm³/mol. The van der Waals surface area contributed by atoms with E-state index >= 15 is 0 Å². The van der Waals surface area contributed by atoms with Gasteiger partial charge in [-0.15, -0.1) is 0 Å². The Labute approximate surface area is 89.0 Å². The van der Waals surface area contributed by atoms with Crippen LogP contribution in [0, 0.1) is 0 Å². The minimum Gasteiger partial charge on any atom is -0.463 e. The van der Waals surface area contributed by atoms with Gasteiger partial charge in [0, 0.05) is 0 Å². The first-order valence-electron chi connectivity index (χ1n) is 4.69. The van der Waals surface area contributed by atoms with Crippen LogP contribution in [0.3, 0.4) is 0 Å². The first-order chi connectivity index (χ1) is 6.84. The van der Waals surface area contributed by atoms with Gasteiger partial charge in [-0.25, -0.2) is 0 Å². The second kappa shape index (κ2) is 6.55. The van der Waals surface area contributed by atoms with Crippen molar-refractivity contribution in [2.75, 3.05) is 6.61 Å². The molecule has 0 aromatic heterocycles. The van der Waals surface area contributed by atoms with Gasteiger partial charge in [0.2, 0.25) is 0 Å². The summed E-state index contributed by atoms with van der Waals surface area (Å²) in [5.41, 5.74) is 0.397. The van der Waals surface area contributed by atoms with Crippen LogP contribution in [0.1, 0.15) is 20.3 Å². The third kappa shape index (κ3) is 6.22. The second-order valence-corrected chi connectivity index (χ2v) is 3.59. The molecule has 0 aromatic rings. The molecule has 3 N–H and O–H groups in total. The molecule has 0 rings (SSSR count). The molecule has 0 radical (unpaired) electrons. The highest BCUT2D eigenvalue weighted by Gasteiger charge is 2.19. The maximum Gasteiger partial charge on any atom is 0.308 e. The van der Waals surface area contributed by atoms with Crippen molar-refractivity contribution in [3.63, 3.8) is 0 Å². The molecule has 3 atom stereocenters. The Morgan fingerprint density at radius 3 is 2.33 bits per heavy atom. The number of aliphatic hydroxyl groups excluding tert-OH is 3. The molecule has 15 heavy (non-hydrogen) atoms. The van der Waals surface area contributed by atoms with Crippen LogP contribution in [-0.2, 0) is 9.53 Å². The molecule has 0 saturated heterocycles. The summed E-state index contributed by atoms with van der Waals surface area (Å²) in [7, 11) is 0. The molecular formula is C10H18O5. The molecule has 0 amide bonds. The summed E-state index contributed by atoms with van der Waals surface area (Å²) in [6.07, 6.45) is -3.19. The lowest BCUT2D eigenvalue weighted by Crippen LogP contribution is -2.32. The molecule has 5 nitrogen and oxygen atoms in total. The van der Waals surface area contributed by atoms with Crippen LogP contribution in [0.15, 0.2) is 12.2 Å². The van der Waals surface area contributed by atoms with Gasteiger partial charge in [0.1, 0.15) is 18.8 Å². The number of ether oxygens (including phenoxy) is 1. The number of hydrogen-bond donors (Lipinski definition) is 3. The van der Waals surface area contributed by atoms with Gasteiger partial charge in [0.25, 0.3) is 0 Å². The van der Waals surface area contributed by atoms with E-state index in [0.717, 1.165) is 0 Å². The lowest BCUT2D eigenvalue weighted by atomic mass is 10.1. The third-order valence-electron chi connectivity index (χ3n) is 1.75. The molecule has 0 aliphatic heterocycles. The summed E-state index contributed by atoms with van der Waals surface area (Å²) in [5, 5.41) is 27.5. The first kappa shape index (κ1) is 14.1. The molecule has 88 valence electrons. The standard InChI is InChI=1S/C10H18O5/c1-6(2)10(14)8(12)5-15-9(13)4-7(3)11/h7-8,10-12,14H,1,4-5H2,2-3H3. The van der Waals surface area contributed by atoms with Crippen LogP contribution in [0.25, 0.3) is 0 Å². The van der Waals surface area contributed by atoms with Gasteiger partial charge < -0.3 is 20.1 Å². The lowest BCUT2D eigenvalue weighted by Gasteiger charge is -2.17. The summed E-state index contributed by atoms with van der Waals surface area (Å²) < 4.78 is 4.64. The van der Waals surface area contributed by atoms with Crippen LogP contribution >= 0.6 is 0 Å². The normalized spacial score (nSPS) is 16.6. The van der Waals surface area contributed by atoms with Crippen molar-refractivity contribution in [2.24, 2.45) is 0 Å². The number of rotatable bonds is 6. The second-order valence-electron chi connectivity index (χ2n) is 3.59. The highest BCUT2D eigenvalue weighted by molar-refractivity contribution is 5.69. The minimum absolute atomic E-state index is 0.129. The monoisotopic (exact) mass is 218 g/mol. The summed E-state index contributed by atoms with van der Waals surface area (Å²) in [6, 6.07) is 0. The van der Waals surface area contributed by atoms with Crippen LogP contribution in [-0.4, -0.2) is 46.2 Å². The van der Waals surface area contributed by atoms with E-state index in [4.69, 9.17) is 5.11 Å². The van der Waals surface area contributed by atoms with Crippen LogP contribution in [0.5, 0.6) is 0 Å². The Balaban J connectivity index is 3.85. The average molecular weight is 218 g/mol. The minimum atomic E-state index is -1.18. The molecule has 3 unspecified atom stereocenters. The number of aliphatic hydroxyl groups is 3. The Bertz CT molecular complexity index is 224. The summed E-state index contributed by atoms with van der Waals surface area (Å²) in [5.74, 6) is -0.613. The van der Waals surface area contributed by atoms with Gasteiger partial charge in [0.05, 0.1) is 12.5 Å². The maximum absolute atomic E-state index is 11.0. The largest absolute Gasteiger partial charge is 0.463 e. The Morgan fingerprint density at radius 1 is 1.40 bits per heavy atom. The van der Waals surface area contributed by atoms with Crippen LogP contribution < -0.4 is 0 Å². The molecule has 0 aromatic carbocycles. The van der Waals surface area contributed by atoms with Gasteiger partial charge >= 0.3 is 5.97 Å². The van der Waals surface area contributed by atoms with E-state index in [1.165, 1.54) is 6.92 Å². The number of esters is 1. The molecule has 0 aliphatic rings. The fraction of sp³-hybridized carbons (Fsp3) is 0.700. The lowest BCUT2D eigenvalue weighted by molar-refractivity contribution is -0.150. The smallest absolute Gasteiger partial charge is 0.308 e. The number of carbonyl (C=O) groups is 1. The van der Waals surface area contributed by atoms with Gasteiger partial charge in [-0.1, -0.05) is 6.58 Å². The van der Waals surface area contributed by atoms with Crippen molar-refractivity contribution < 1.29 is 24.9 Å². The molecule has 5 heteroatoms. The van der Waals surface area contributed by atoms with Crippen molar-refractivity contribution >= 4 is 5.97 Å². The van der Waals surface area contributed by atoms with E-state index in [1.54, 1.807) is 6.92 Å². The zero-order chi connectivity index (χ0) is 12.0.